The standard InChI is InChI=1S/C12H12BrClO3/c1-8(5-14)7-17-12-10(13)3-9(6-15)4-11(12)16-2/h3-6H,7H2,1-2H3/b8-5+. The third-order valence-electron chi connectivity index (χ3n) is 2.02. The number of methoxy groups -OCH3 is 1. The number of halogens is 2. The van der Waals surface area contributed by atoms with Gasteiger partial charge >= 0.3 is 0 Å². The molecule has 0 bridgehead atoms. The van der Waals surface area contributed by atoms with Crippen LogP contribution >= 0.6 is 27.5 Å². The molecule has 0 heterocycles. The summed E-state index contributed by atoms with van der Waals surface area (Å²) >= 11 is 8.88. The van der Waals surface area contributed by atoms with Crippen LogP contribution in [0.15, 0.2) is 27.7 Å². The quantitative estimate of drug-likeness (QED) is 0.775. The van der Waals surface area contributed by atoms with Crippen LogP contribution in [0.3, 0.4) is 0 Å². The molecule has 92 valence electrons. The molecule has 0 unspecified atom stereocenters. The zero-order valence-corrected chi connectivity index (χ0v) is 11.8. The first-order valence-electron chi connectivity index (χ1n) is 4.83. The molecule has 3 nitrogen and oxygen atoms in total. The lowest BCUT2D eigenvalue weighted by Crippen LogP contribution is -2.01. The summed E-state index contributed by atoms with van der Waals surface area (Å²) in [5.41, 5.74) is 2.87. The Kier molecular flexibility index (Phi) is 5.51. The molecule has 1 aromatic carbocycles. The van der Waals surface area contributed by atoms with E-state index in [1.165, 1.54) is 12.6 Å². The summed E-state index contributed by atoms with van der Waals surface area (Å²) < 4.78 is 11.4. The van der Waals surface area contributed by atoms with Crippen molar-refractivity contribution in [3.05, 3.63) is 33.3 Å². The number of hydrogen-bond acceptors (Lipinski definition) is 3. The van der Waals surface area contributed by atoms with E-state index in [1.807, 2.05) is 6.92 Å². The van der Waals surface area contributed by atoms with Gasteiger partial charge in [-0.15, -0.1) is 0 Å². The predicted octanol–water partition coefficient (Wildman–Crippen LogP) is 3.79. The van der Waals surface area contributed by atoms with Crippen molar-refractivity contribution in [1.82, 2.24) is 0 Å². The van der Waals surface area contributed by atoms with Gasteiger partial charge in [0.25, 0.3) is 0 Å². The first-order valence-corrected chi connectivity index (χ1v) is 6.06. The highest BCUT2D eigenvalue weighted by Gasteiger charge is 2.11. The maximum absolute atomic E-state index is 10.7. The SMILES string of the molecule is COc1cc(C=O)cc(Br)c1OC/C(C)=C/Cl. The molecule has 0 aromatic heterocycles. The second kappa shape index (κ2) is 6.67. The summed E-state index contributed by atoms with van der Waals surface area (Å²) in [6.45, 7) is 2.21. The number of carbonyl (C=O) groups excluding carboxylic acids is 1. The topological polar surface area (TPSA) is 35.5 Å². The lowest BCUT2D eigenvalue weighted by molar-refractivity contribution is 0.112. The van der Waals surface area contributed by atoms with Crippen LogP contribution < -0.4 is 9.47 Å². The first kappa shape index (κ1) is 14.1. The van der Waals surface area contributed by atoms with Crippen molar-refractivity contribution in [2.75, 3.05) is 13.7 Å². The summed E-state index contributed by atoms with van der Waals surface area (Å²) in [6.07, 6.45) is 0.751. The van der Waals surface area contributed by atoms with Gasteiger partial charge in [-0.25, -0.2) is 0 Å². The minimum Gasteiger partial charge on any atom is -0.493 e. The number of rotatable bonds is 5. The van der Waals surface area contributed by atoms with E-state index in [1.54, 1.807) is 12.1 Å². The van der Waals surface area contributed by atoms with Gasteiger partial charge in [0.1, 0.15) is 12.9 Å². The van der Waals surface area contributed by atoms with Gasteiger partial charge in [-0.2, -0.15) is 0 Å². The van der Waals surface area contributed by atoms with Gasteiger partial charge in [-0.3, -0.25) is 4.79 Å². The van der Waals surface area contributed by atoms with E-state index in [2.05, 4.69) is 15.9 Å². The molecule has 1 aromatic rings. The Morgan fingerprint density at radius 1 is 1.53 bits per heavy atom. The van der Waals surface area contributed by atoms with E-state index < -0.39 is 0 Å². The van der Waals surface area contributed by atoms with E-state index >= 15 is 0 Å². The second-order valence-electron chi connectivity index (χ2n) is 3.40. The summed E-state index contributed by atoms with van der Waals surface area (Å²) in [6, 6.07) is 3.29. The Morgan fingerprint density at radius 2 is 2.24 bits per heavy atom. The molecule has 0 spiro atoms. The van der Waals surface area contributed by atoms with Crippen LogP contribution in [0.2, 0.25) is 0 Å². The molecule has 17 heavy (non-hydrogen) atoms. The Balaban J connectivity index is 3.01. The monoisotopic (exact) mass is 318 g/mol. The van der Waals surface area contributed by atoms with Crippen LogP contribution in [-0.2, 0) is 0 Å². The van der Waals surface area contributed by atoms with Crippen molar-refractivity contribution in [2.24, 2.45) is 0 Å². The normalized spacial score (nSPS) is 11.2. The Bertz CT molecular complexity index is 444. The molecule has 0 radical (unpaired) electrons. The van der Waals surface area contributed by atoms with E-state index in [0.29, 0.717) is 28.1 Å². The summed E-state index contributed by atoms with van der Waals surface area (Å²) in [4.78, 5) is 10.7. The minimum absolute atomic E-state index is 0.360. The molecule has 0 amide bonds. The van der Waals surface area contributed by atoms with E-state index in [4.69, 9.17) is 21.1 Å². The lowest BCUT2D eigenvalue weighted by Gasteiger charge is -2.13. The fourth-order valence-corrected chi connectivity index (χ4v) is 1.80. The minimum atomic E-state index is 0.360. The molecular weight excluding hydrogens is 307 g/mol. The van der Waals surface area contributed by atoms with Crippen LogP contribution in [0.5, 0.6) is 11.5 Å². The molecule has 1 rings (SSSR count). The Hall–Kier alpha value is -1.00. The third kappa shape index (κ3) is 3.75. The number of ether oxygens (including phenoxy) is 2. The molecule has 0 aliphatic carbocycles. The summed E-state index contributed by atoms with van der Waals surface area (Å²) in [5.74, 6) is 1.06. The second-order valence-corrected chi connectivity index (χ2v) is 4.47. The van der Waals surface area contributed by atoms with Crippen molar-refractivity contribution in [3.63, 3.8) is 0 Å². The molecule has 0 N–H and O–H groups in total. The smallest absolute Gasteiger partial charge is 0.175 e. The highest BCUT2D eigenvalue weighted by atomic mass is 79.9. The summed E-state index contributed by atoms with van der Waals surface area (Å²) in [5, 5.41) is 0. The molecule has 0 saturated carbocycles. The third-order valence-corrected chi connectivity index (χ3v) is 2.98. The lowest BCUT2D eigenvalue weighted by atomic mass is 10.2. The van der Waals surface area contributed by atoms with E-state index in [9.17, 15) is 4.79 Å². The van der Waals surface area contributed by atoms with Crippen molar-refractivity contribution < 1.29 is 14.3 Å². The van der Waals surface area contributed by atoms with Gasteiger partial charge < -0.3 is 9.47 Å². The maximum atomic E-state index is 10.7. The fraction of sp³-hybridized carbons (Fsp3) is 0.250. The number of carbonyl (C=O) groups is 1. The molecular formula is C12H12BrClO3. The van der Waals surface area contributed by atoms with Gasteiger partial charge in [-0.05, 0) is 40.6 Å². The van der Waals surface area contributed by atoms with Crippen molar-refractivity contribution in [3.8, 4) is 11.5 Å². The zero-order valence-electron chi connectivity index (χ0n) is 9.50. The van der Waals surface area contributed by atoms with Gasteiger partial charge in [0.05, 0.1) is 11.6 Å². The first-order chi connectivity index (χ1) is 8.12. The molecule has 5 heteroatoms. The van der Waals surface area contributed by atoms with Gasteiger partial charge in [-0.1, -0.05) is 11.6 Å². The average Bonchev–Trinajstić information content (AvgIpc) is 2.35. The van der Waals surface area contributed by atoms with Crippen molar-refractivity contribution in [1.29, 1.82) is 0 Å². The van der Waals surface area contributed by atoms with E-state index in [0.717, 1.165) is 11.9 Å². The highest BCUT2D eigenvalue weighted by Crippen LogP contribution is 2.36. The van der Waals surface area contributed by atoms with Crippen LogP contribution in [0.4, 0.5) is 0 Å². The van der Waals surface area contributed by atoms with Crippen LogP contribution in [0.1, 0.15) is 17.3 Å². The maximum Gasteiger partial charge on any atom is 0.175 e. The largest absolute Gasteiger partial charge is 0.493 e. The highest BCUT2D eigenvalue weighted by molar-refractivity contribution is 9.10. The Morgan fingerprint density at radius 3 is 2.76 bits per heavy atom. The zero-order chi connectivity index (χ0) is 12.8. The predicted molar refractivity (Wildman–Crippen MR) is 71.2 cm³/mol. The van der Waals surface area contributed by atoms with Crippen LogP contribution in [0.25, 0.3) is 0 Å². The van der Waals surface area contributed by atoms with E-state index in [-0.39, 0.29) is 0 Å². The molecule has 0 atom stereocenters. The van der Waals surface area contributed by atoms with Crippen molar-refractivity contribution in [2.45, 2.75) is 6.92 Å². The Labute approximate surface area is 113 Å². The summed E-state index contributed by atoms with van der Waals surface area (Å²) in [7, 11) is 1.52. The average molecular weight is 320 g/mol. The fourth-order valence-electron chi connectivity index (χ4n) is 1.17. The van der Waals surface area contributed by atoms with Gasteiger partial charge in [0.2, 0.25) is 0 Å². The molecule has 0 aliphatic rings. The van der Waals surface area contributed by atoms with Gasteiger partial charge in [0, 0.05) is 11.1 Å². The molecule has 0 fully saturated rings. The van der Waals surface area contributed by atoms with Crippen LogP contribution in [0, 0.1) is 0 Å². The number of benzene rings is 1. The van der Waals surface area contributed by atoms with Crippen molar-refractivity contribution >= 4 is 33.8 Å². The number of aldehydes is 1. The van der Waals surface area contributed by atoms with Crippen LogP contribution in [-0.4, -0.2) is 20.0 Å². The van der Waals surface area contributed by atoms with Gasteiger partial charge in [0.15, 0.2) is 11.5 Å². The molecule has 0 saturated heterocycles. The number of hydrogen-bond donors (Lipinski definition) is 0. The molecule has 0 aliphatic heterocycles.